The largest absolute Gasteiger partial charge is 0.489 e. The third-order valence-corrected chi connectivity index (χ3v) is 7.32. The van der Waals surface area contributed by atoms with Gasteiger partial charge in [0.1, 0.15) is 12.4 Å². The van der Waals surface area contributed by atoms with Crippen LogP contribution < -0.4 is 10.1 Å². The lowest BCUT2D eigenvalue weighted by molar-refractivity contribution is 0.120. The molecule has 1 atom stereocenters. The van der Waals surface area contributed by atoms with Crippen molar-refractivity contribution in [2.24, 2.45) is 5.41 Å². The Hall–Kier alpha value is -1.84. The summed E-state index contributed by atoms with van der Waals surface area (Å²) in [5, 5.41) is 3.49. The Morgan fingerprint density at radius 1 is 0.929 bits per heavy atom. The number of nitrogens with zero attached hydrogens (tertiary/aromatic N) is 1. The zero-order valence-electron chi connectivity index (χ0n) is 16.8. The van der Waals surface area contributed by atoms with Crippen LogP contribution in [0.4, 0.5) is 0 Å². The van der Waals surface area contributed by atoms with Crippen LogP contribution in [-0.2, 0) is 6.61 Å². The second-order valence-electron chi connectivity index (χ2n) is 9.12. The molecule has 3 fully saturated rings. The Bertz CT molecular complexity index is 778. The summed E-state index contributed by atoms with van der Waals surface area (Å²) < 4.78 is 6.23. The van der Waals surface area contributed by atoms with Gasteiger partial charge < -0.3 is 15.0 Å². The SMILES string of the molecule is c1ccc(COc2ccccc2C2CCN(C3CCC4(CNC4)C3)CC2)cc1. The average Bonchev–Trinajstić information content (AvgIpc) is 3.20. The van der Waals surface area contributed by atoms with E-state index in [4.69, 9.17) is 4.74 Å². The number of benzene rings is 2. The summed E-state index contributed by atoms with van der Waals surface area (Å²) in [6, 6.07) is 20.0. The second-order valence-corrected chi connectivity index (χ2v) is 9.12. The highest BCUT2D eigenvalue weighted by Gasteiger charge is 2.45. The monoisotopic (exact) mass is 376 g/mol. The number of piperidine rings is 1. The molecule has 5 rings (SSSR count). The zero-order valence-corrected chi connectivity index (χ0v) is 16.8. The predicted molar refractivity (Wildman–Crippen MR) is 114 cm³/mol. The Balaban J connectivity index is 1.19. The van der Waals surface area contributed by atoms with Crippen molar-refractivity contribution in [1.82, 2.24) is 10.2 Å². The molecule has 1 aliphatic carbocycles. The van der Waals surface area contributed by atoms with Crippen LogP contribution in [0, 0.1) is 5.41 Å². The third kappa shape index (κ3) is 3.70. The Morgan fingerprint density at radius 2 is 1.68 bits per heavy atom. The molecule has 3 aliphatic rings. The van der Waals surface area contributed by atoms with Crippen molar-refractivity contribution in [2.75, 3.05) is 26.2 Å². The van der Waals surface area contributed by atoms with Crippen LogP contribution in [0.5, 0.6) is 5.75 Å². The van der Waals surface area contributed by atoms with Gasteiger partial charge in [-0.2, -0.15) is 0 Å². The highest BCUT2D eigenvalue weighted by molar-refractivity contribution is 5.37. The summed E-state index contributed by atoms with van der Waals surface area (Å²) >= 11 is 0. The van der Waals surface area contributed by atoms with Gasteiger partial charge in [-0.25, -0.2) is 0 Å². The number of hydrogen-bond acceptors (Lipinski definition) is 3. The first-order valence-electron chi connectivity index (χ1n) is 11.0. The first kappa shape index (κ1) is 18.2. The van der Waals surface area contributed by atoms with Gasteiger partial charge in [0.15, 0.2) is 0 Å². The van der Waals surface area contributed by atoms with Crippen molar-refractivity contribution in [1.29, 1.82) is 0 Å². The zero-order chi connectivity index (χ0) is 18.8. The van der Waals surface area contributed by atoms with Crippen LogP contribution in [0.3, 0.4) is 0 Å². The first-order chi connectivity index (χ1) is 13.8. The minimum Gasteiger partial charge on any atom is -0.489 e. The van der Waals surface area contributed by atoms with Crippen molar-refractivity contribution >= 4 is 0 Å². The summed E-state index contributed by atoms with van der Waals surface area (Å²) in [5.74, 6) is 1.70. The van der Waals surface area contributed by atoms with E-state index in [2.05, 4.69) is 64.8 Å². The van der Waals surface area contributed by atoms with E-state index in [1.54, 1.807) is 0 Å². The van der Waals surface area contributed by atoms with Crippen LogP contribution in [0.15, 0.2) is 54.6 Å². The molecule has 0 bridgehead atoms. The van der Waals surface area contributed by atoms with E-state index >= 15 is 0 Å². The predicted octanol–water partition coefficient (Wildman–Crippen LogP) is 4.59. The van der Waals surface area contributed by atoms with Crippen molar-refractivity contribution < 1.29 is 4.74 Å². The molecule has 28 heavy (non-hydrogen) atoms. The van der Waals surface area contributed by atoms with Gasteiger partial charge in [0.25, 0.3) is 0 Å². The van der Waals surface area contributed by atoms with E-state index in [0.717, 1.165) is 11.8 Å². The fraction of sp³-hybridized carbons (Fsp3) is 0.520. The Morgan fingerprint density at radius 3 is 2.39 bits per heavy atom. The molecule has 2 aliphatic heterocycles. The molecular weight excluding hydrogens is 344 g/mol. The Kier molecular flexibility index (Phi) is 5.13. The summed E-state index contributed by atoms with van der Waals surface area (Å²) in [6.07, 6.45) is 6.77. The standard InChI is InChI=1S/C25H32N2O/c1-2-6-20(7-3-1)17-28-24-9-5-4-8-23(24)21-11-14-27(15-12-21)22-10-13-25(16-22)18-26-19-25/h1-9,21-22,26H,10-19H2. The van der Waals surface area contributed by atoms with Gasteiger partial charge in [-0.1, -0.05) is 48.5 Å². The number of rotatable bonds is 5. The molecular formula is C25H32N2O. The van der Waals surface area contributed by atoms with Crippen LogP contribution in [0.1, 0.15) is 49.1 Å². The minimum atomic E-state index is 0.629. The molecule has 2 heterocycles. The molecule has 148 valence electrons. The van der Waals surface area contributed by atoms with Gasteiger partial charge >= 0.3 is 0 Å². The lowest BCUT2D eigenvalue weighted by Crippen LogP contribution is -2.52. The van der Waals surface area contributed by atoms with E-state index in [0.29, 0.717) is 17.9 Å². The van der Waals surface area contributed by atoms with E-state index in [1.165, 1.54) is 69.4 Å². The van der Waals surface area contributed by atoms with E-state index in [-0.39, 0.29) is 0 Å². The lowest BCUT2D eigenvalue weighted by Gasteiger charge is -2.41. The molecule has 1 unspecified atom stereocenters. The molecule has 0 radical (unpaired) electrons. The molecule has 1 saturated carbocycles. The van der Waals surface area contributed by atoms with Crippen molar-refractivity contribution in [3.8, 4) is 5.75 Å². The highest BCUT2D eigenvalue weighted by Crippen LogP contribution is 2.44. The average molecular weight is 377 g/mol. The maximum absolute atomic E-state index is 6.23. The van der Waals surface area contributed by atoms with Gasteiger partial charge in [0.2, 0.25) is 0 Å². The normalized spacial score (nSPS) is 24.9. The maximum Gasteiger partial charge on any atom is 0.123 e. The number of para-hydroxylation sites is 1. The van der Waals surface area contributed by atoms with Crippen LogP contribution in [0.2, 0.25) is 0 Å². The van der Waals surface area contributed by atoms with Gasteiger partial charge in [-0.3, -0.25) is 0 Å². The van der Waals surface area contributed by atoms with Crippen LogP contribution in [-0.4, -0.2) is 37.1 Å². The van der Waals surface area contributed by atoms with E-state index in [9.17, 15) is 0 Å². The number of hydrogen-bond donors (Lipinski definition) is 1. The Labute approximate surface area is 169 Å². The topological polar surface area (TPSA) is 24.5 Å². The van der Waals surface area contributed by atoms with E-state index in [1.807, 2.05) is 0 Å². The maximum atomic E-state index is 6.23. The number of likely N-dealkylation sites (tertiary alicyclic amines) is 1. The molecule has 0 aromatic heterocycles. The van der Waals surface area contributed by atoms with Crippen molar-refractivity contribution in [3.05, 3.63) is 65.7 Å². The summed E-state index contributed by atoms with van der Waals surface area (Å²) in [5.41, 5.74) is 3.29. The minimum absolute atomic E-state index is 0.629. The smallest absolute Gasteiger partial charge is 0.123 e. The summed E-state index contributed by atoms with van der Waals surface area (Å²) in [7, 11) is 0. The molecule has 1 N–H and O–H groups in total. The van der Waals surface area contributed by atoms with E-state index < -0.39 is 0 Å². The van der Waals surface area contributed by atoms with Gasteiger partial charge in [0, 0.05) is 19.1 Å². The van der Waals surface area contributed by atoms with Gasteiger partial charge in [0.05, 0.1) is 0 Å². The quantitative estimate of drug-likeness (QED) is 0.826. The first-order valence-corrected chi connectivity index (χ1v) is 11.0. The lowest BCUT2D eigenvalue weighted by atomic mass is 9.80. The fourth-order valence-corrected chi connectivity index (χ4v) is 5.55. The third-order valence-electron chi connectivity index (χ3n) is 7.32. The van der Waals surface area contributed by atoms with Crippen LogP contribution >= 0.6 is 0 Å². The van der Waals surface area contributed by atoms with Gasteiger partial charge in [-0.15, -0.1) is 0 Å². The summed E-state index contributed by atoms with van der Waals surface area (Å²) in [6.45, 7) is 5.64. The molecule has 2 aromatic carbocycles. The molecule has 0 amide bonds. The molecule has 2 aromatic rings. The van der Waals surface area contributed by atoms with Crippen molar-refractivity contribution in [3.63, 3.8) is 0 Å². The second kappa shape index (κ2) is 7.88. The van der Waals surface area contributed by atoms with Crippen molar-refractivity contribution in [2.45, 2.75) is 50.7 Å². The molecule has 3 nitrogen and oxygen atoms in total. The number of ether oxygens (including phenoxy) is 1. The fourth-order valence-electron chi connectivity index (χ4n) is 5.55. The van der Waals surface area contributed by atoms with Crippen LogP contribution in [0.25, 0.3) is 0 Å². The molecule has 3 heteroatoms. The molecule has 2 saturated heterocycles. The summed E-state index contributed by atoms with van der Waals surface area (Å²) in [4.78, 5) is 2.79. The molecule has 1 spiro atoms. The number of nitrogens with one attached hydrogen (secondary N) is 1. The van der Waals surface area contributed by atoms with Gasteiger partial charge in [-0.05, 0) is 73.7 Å². The highest BCUT2D eigenvalue weighted by atomic mass is 16.5.